The first-order valence-electron chi connectivity index (χ1n) is 13.9. The Morgan fingerprint density at radius 3 is 2.79 bits per heavy atom. The van der Waals surface area contributed by atoms with Crippen LogP contribution in [-0.2, 0) is 13.1 Å². The van der Waals surface area contributed by atoms with Gasteiger partial charge in [0.05, 0.1) is 16.2 Å². The van der Waals surface area contributed by atoms with E-state index in [9.17, 15) is 9.18 Å². The van der Waals surface area contributed by atoms with Gasteiger partial charge in [-0.2, -0.15) is 0 Å². The third-order valence-electron chi connectivity index (χ3n) is 7.76. The molecule has 206 valence electrons. The first-order chi connectivity index (χ1) is 18.9. The average molecular weight is 550 g/mol. The number of allylic oxidation sites excluding steroid dienone is 2. The van der Waals surface area contributed by atoms with Crippen molar-refractivity contribution in [2.24, 2.45) is 4.99 Å². The number of aryl methyl sites for hydroxylation is 1. The molecule has 5 rings (SSSR count). The number of aliphatic imine (C=N–C) groups is 1. The van der Waals surface area contributed by atoms with E-state index in [0.717, 1.165) is 56.6 Å². The van der Waals surface area contributed by atoms with Gasteiger partial charge in [-0.1, -0.05) is 24.6 Å². The summed E-state index contributed by atoms with van der Waals surface area (Å²) in [5, 5.41) is 0.450. The van der Waals surface area contributed by atoms with Crippen LogP contribution in [0.5, 0.6) is 0 Å². The topological polar surface area (TPSA) is 53.7 Å². The van der Waals surface area contributed by atoms with Crippen molar-refractivity contribution in [2.45, 2.75) is 71.1 Å². The van der Waals surface area contributed by atoms with Crippen molar-refractivity contribution in [2.75, 3.05) is 20.1 Å². The Bertz CT molecular complexity index is 1460. The highest BCUT2D eigenvalue weighted by molar-refractivity contribution is 6.31. The SMILES string of the molecule is CC/C=C(\C=NC)N1CCCC(N(Cc2ccnc(C)c2)Cc2cn(C3CC3)c3cc(Cl)c(F)cc3c2=O)C1. The molecule has 1 aromatic carbocycles. The Kier molecular flexibility index (Phi) is 8.48. The van der Waals surface area contributed by atoms with Gasteiger partial charge < -0.3 is 9.47 Å². The van der Waals surface area contributed by atoms with Gasteiger partial charge in [-0.3, -0.25) is 19.7 Å². The van der Waals surface area contributed by atoms with Gasteiger partial charge in [-0.15, -0.1) is 0 Å². The number of halogens is 2. The zero-order valence-corrected chi connectivity index (χ0v) is 23.8. The second kappa shape index (κ2) is 12.0. The maximum Gasteiger partial charge on any atom is 0.193 e. The number of benzene rings is 1. The van der Waals surface area contributed by atoms with Crippen molar-refractivity contribution in [3.05, 3.63) is 86.3 Å². The molecule has 1 unspecified atom stereocenters. The van der Waals surface area contributed by atoms with Crippen LogP contribution in [0.1, 0.15) is 61.9 Å². The van der Waals surface area contributed by atoms with E-state index in [1.807, 2.05) is 38.6 Å². The van der Waals surface area contributed by atoms with Crippen LogP contribution in [0.4, 0.5) is 4.39 Å². The third kappa shape index (κ3) is 6.25. The van der Waals surface area contributed by atoms with E-state index in [1.54, 1.807) is 6.07 Å². The number of piperidine rings is 1. The van der Waals surface area contributed by atoms with E-state index in [4.69, 9.17) is 11.6 Å². The second-order valence-corrected chi connectivity index (χ2v) is 11.2. The molecule has 2 aromatic heterocycles. The summed E-state index contributed by atoms with van der Waals surface area (Å²) in [6, 6.07) is 7.64. The number of fused-ring (bicyclic) bond motifs is 1. The van der Waals surface area contributed by atoms with E-state index in [1.165, 1.54) is 11.6 Å². The summed E-state index contributed by atoms with van der Waals surface area (Å²) in [6.07, 6.45) is 13.2. The molecule has 0 amide bonds. The van der Waals surface area contributed by atoms with Gasteiger partial charge in [0, 0.05) is 80.6 Å². The lowest BCUT2D eigenvalue weighted by Crippen LogP contribution is -2.47. The molecule has 1 atom stereocenters. The molecule has 2 fully saturated rings. The lowest BCUT2D eigenvalue weighted by atomic mass is 10.0. The molecule has 0 bridgehead atoms. The lowest BCUT2D eigenvalue weighted by molar-refractivity contribution is 0.105. The molecule has 1 aliphatic carbocycles. The summed E-state index contributed by atoms with van der Waals surface area (Å²) < 4.78 is 16.7. The molecular weight excluding hydrogens is 513 g/mol. The van der Waals surface area contributed by atoms with E-state index in [-0.39, 0.29) is 16.5 Å². The largest absolute Gasteiger partial charge is 0.369 e. The highest BCUT2D eigenvalue weighted by atomic mass is 35.5. The summed E-state index contributed by atoms with van der Waals surface area (Å²) in [4.78, 5) is 27.3. The molecule has 0 N–H and O–H groups in total. The number of nitrogens with zero attached hydrogens (tertiary/aromatic N) is 5. The van der Waals surface area contributed by atoms with Crippen LogP contribution in [0.25, 0.3) is 10.9 Å². The van der Waals surface area contributed by atoms with Gasteiger partial charge in [0.25, 0.3) is 0 Å². The Morgan fingerprint density at radius 1 is 1.26 bits per heavy atom. The van der Waals surface area contributed by atoms with Crippen LogP contribution < -0.4 is 5.43 Å². The van der Waals surface area contributed by atoms with Crippen molar-refractivity contribution in [1.29, 1.82) is 0 Å². The Balaban J connectivity index is 1.53. The minimum absolute atomic E-state index is 0.0487. The van der Waals surface area contributed by atoms with Crippen LogP contribution >= 0.6 is 11.6 Å². The minimum atomic E-state index is -0.555. The van der Waals surface area contributed by atoms with Crippen LogP contribution in [0, 0.1) is 12.7 Å². The molecule has 6 nitrogen and oxygen atoms in total. The number of hydrogen-bond acceptors (Lipinski definition) is 5. The van der Waals surface area contributed by atoms with E-state index >= 15 is 0 Å². The first kappa shape index (κ1) is 27.5. The molecule has 1 saturated heterocycles. The predicted molar refractivity (Wildman–Crippen MR) is 157 cm³/mol. The van der Waals surface area contributed by atoms with Crippen molar-refractivity contribution < 1.29 is 4.39 Å². The second-order valence-electron chi connectivity index (χ2n) is 10.8. The summed E-state index contributed by atoms with van der Waals surface area (Å²) in [5.74, 6) is -0.555. The summed E-state index contributed by atoms with van der Waals surface area (Å²) in [5.41, 5.74) is 4.58. The molecule has 3 heterocycles. The molecule has 8 heteroatoms. The lowest BCUT2D eigenvalue weighted by Gasteiger charge is -2.41. The van der Waals surface area contributed by atoms with Crippen LogP contribution in [0.15, 0.2) is 58.2 Å². The molecule has 0 spiro atoms. The van der Waals surface area contributed by atoms with Crippen LogP contribution in [0.2, 0.25) is 5.02 Å². The maximum absolute atomic E-state index is 14.5. The van der Waals surface area contributed by atoms with E-state index in [0.29, 0.717) is 35.6 Å². The number of hydrogen-bond donors (Lipinski definition) is 0. The highest BCUT2D eigenvalue weighted by Gasteiger charge is 2.29. The van der Waals surface area contributed by atoms with Crippen molar-refractivity contribution in [3.8, 4) is 0 Å². The zero-order valence-electron chi connectivity index (χ0n) is 23.0. The number of likely N-dealkylation sites (tertiary alicyclic amines) is 1. The smallest absolute Gasteiger partial charge is 0.193 e. The summed E-state index contributed by atoms with van der Waals surface area (Å²) in [7, 11) is 1.81. The Hall–Kier alpha value is -3.03. The molecule has 1 saturated carbocycles. The fourth-order valence-electron chi connectivity index (χ4n) is 5.73. The van der Waals surface area contributed by atoms with Gasteiger partial charge >= 0.3 is 0 Å². The van der Waals surface area contributed by atoms with Gasteiger partial charge in [-0.05, 0) is 68.9 Å². The zero-order chi connectivity index (χ0) is 27.5. The van der Waals surface area contributed by atoms with Crippen LogP contribution in [0.3, 0.4) is 0 Å². The highest BCUT2D eigenvalue weighted by Crippen LogP contribution is 2.38. The summed E-state index contributed by atoms with van der Waals surface area (Å²) >= 11 is 6.13. The first-order valence-corrected chi connectivity index (χ1v) is 14.3. The Morgan fingerprint density at radius 2 is 2.08 bits per heavy atom. The third-order valence-corrected chi connectivity index (χ3v) is 8.05. The van der Waals surface area contributed by atoms with E-state index < -0.39 is 5.82 Å². The minimum Gasteiger partial charge on any atom is -0.369 e. The van der Waals surface area contributed by atoms with Crippen LogP contribution in [-0.4, -0.2) is 51.7 Å². The molecule has 0 radical (unpaired) electrons. The molecule has 2 aliphatic rings. The van der Waals surface area contributed by atoms with E-state index in [2.05, 4.69) is 43.4 Å². The Labute approximate surface area is 234 Å². The molecular formula is C31H37ClFN5O. The molecule has 3 aromatic rings. The molecule has 1 aliphatic heterocycles. The van der Waals surface area contributed by atoms with Gasteiger partial charge in [0.15, 0.2) is 5.43 Å². The fraction of sp³-hybridized carbons (Fsp3) is 0.452. The van der Waals surface area contributed by atoms with Gasteiger partial charge in [0.1, 0.15) is 5.82 Å². The predicted octanol–water partition coefficient (Wildman–Crippen LogP) is 6.29. The summed E-state index contributed by atoms with van der Waals surface area (Å²) in [6.45, 7) is 7.17. The van der Waals surface area contributed by atoms with Gasteiger partial charge in [0.2, 0.25) is 0 Å². The van der Waals surface area contributed by atoms with Crippen molar-refractivity contribution in [1.82, 2.24) is 19.4 Å². The van der Waals surface area contributed by atoms with Crippen molar-refractivity contribution >= 4 is 28.7 Å². The standard InChI is InChI=1S/C31H37ClFN5O/c1-4-6-25(16-34-3)36-12-5-7-26(20-36)37(17-22-10-11-35-21(2)13-22)18-23-19-38(24-8-9-24)30-15-28(32)29(33)14-27(30)31(23)39/h6,10-11,13-16,19,24,26H,4-5,7-9,12,17-18,20H2,1-3H3/b25-6+,34-16?. The number of pyridine rings is 2. The number of aromatic nitrogens is 2. The maximum atomic E-state index is 14.5. The average Bonchev–Trinajstić information content (AvgIpc) is 3.76. The quantitative estimate of drug-likeness (QED) is 0.294. The normalized spacial score (nSPS) is 18.6. The van der Waals surface area contributed by atoms with Crippen molar-refractivity contribution in [3.63, 3.8) is 0 Å². The molecule has 39 heavy (non-hydrogen) atoms. The van der Waals surface area contributed by atoms with Gasteiger partial charge in [-0.25, -0.2) is 4.39 Å². The number of rotatable bonds is 9. The fourth-order valence-corrected chi connectivity index (χ4v) is 5.89. The monoisotopic (exact) mass is 549 g/mol.